The molecular formula is C18H19ClN4O2. The number of anilines is 1. The van der Waals surface area contributed by atoms with Crippen LogP contribution in [0.4, 0.5) is 10.5 Å². The van der Waals surface area contributed by atoms with Crippen LogP contribution in [-0.2, 0) is 0 Å². The Morgan fingerprint density at radius 3 is 2.44 bits per heavy atom. The number of carbonyl (C=O) groups excluding carboxylic acids is 2. The first-order valence-corrected chi connectivity index (χ1v) is 8.53. The fourth-order valence-electron chi connectivity index (χ4n) is 2.79. The highest BCUT2D eigenvalue weighted by Gasteiger charge is 2.24. The van der Waals surface area contributed by atoms with Crippen molar-refractivity contribution in [3.05, 3.63) is 59.4 Å². The summed E-state index contributed by atoms with van der Waals surface area (Å²) in [4.78, 5) is 30.2. The lowest BCUT2D eigenvalue weighted by Gasteiger charge is -2.32. The maximum absolute atomic E-state index is 12.4. The van der Waals surface area contributed by atoms with Gasteiger partial charge in [0.1, 0.15) is 5.15 Å². The zero-order valence-electron chi connectivity index (χ0n) is 13.6. The number of amides is 3. The van der Waals surface area contributed by atoms with E-state index in [0.29, 0.717) is 23.8 Å². The van der Waals surface area contributed by atoms with E-state index >= 15 is 0 Å². The van der Waals surface area contributed by atoms with E-state index in [-0.39, 0.29) is 18.0 Å². The van der Waals surface area contributed by atoms with E-state index in [1.54, 1.807) is 17.0 Å². The molecule has 6 nitrogen and oxygen atoms in total. The van der Waals surface area contributed by atoms with Gasteiger partial charge in [-0.2, -0.15) is 0 Å². The topological polar surface area (TPSA) is 74.3 Å². The van der Waals surface area contributed by atoms with Crippen molar-refractivity contribution in [1.29, 1.82) is 0 Å². The van der Waals surface area contributed by atoms with E-state index in [0.717, 1.165) is 18.5 Å². The van der Waals surface area contributed by atoms with Gasteiger partial charge in [-0.25, -0.2) is 9.78 Å². The smallest absolute Gasteiger partial charge is 0.319 e. The molecule has 0 radical (unpaired) electrons. The number of halogens is 1. The first-order valence-electron chi connectivity index (χ1n) is 8.15. The highest BCUT2D eigenvalue weighted by atomic mass is 35.5. The van der Waals surface area contributed by atoms with Crippen molar-refractivity contribution in [1.82, 2.24) is 15.2 Å². The summed E-state index contributed by atoms with van der Waals surface area (Å²) in [5.41, 5.74) is 1.28. The van der Waals surface area contributed by atoms with Gasteiger partial charge in [-0.1, -0.05) is 29.8 Å². The molecule has 25 heavy (non-hydrogen) atoms. The van der Waals surface area contributed by atoms with Gasteiger partial charge >= 0.3 is 6.03 Å². The molecule has 1 aromatic carbocycles. The summed E-state index contributed by atoms with van der Waals surface area (Å²) in [7, 11) is 0. The Balaban J connectivity index is 1.47. The fourth-order valence-corrected chi connectivity index (χ4v) is 2.90. The molecule has 3 rings (SSSR count). The van der Waals surface area contributed by atoms with E-state index in [9.17, 15) is 9.59 Å². The monoisotopic (exact) mass is 358 g/mol. The van der Waals surface area contributed by atoms with Crippen LogP contribution in [0.1, 0.15) is 23.2 Å². The molecule has 0 aliphatic carbocycles. The Morgan fingerprint density at radius 2 is 1.80 bits per heavy atom. The van der Waals surface area contributed by atoms with E-state index in [4.69, 9.17) is 11.6 Å². The number of hydrogen-bond donors (Lipinski definition) is 2. The van der Waals surface area contributed by atoms with Gasteiger partial charge in [-0.15, -0.1) is 0 Å². The predicted octanol–water partition coefficient (Wildman–Crippen LogP) is 3.16. The quantitative estimate of drug-likeness (QED) is 0.827. The average Bonchev–Trinajstić information content (AvgIpc) is 2.63. The van der Waals surface area contributed by atoms with E-state index in [2.05, 4.69) is 15.6 Å². The van der Waals surface area contributed by atoms with Crippen molar-refractivity contribution in [3.63, 3.8) is 0 Å². The minimum Gasteiger partial charge on any atom is -0.338 e. The number of carbonyl (C=O) groups is 2. The molecule has 1 aliphatic heterocycles. The molecule has 1 saturated heterocycles. The van der Waals surface area contributed by atoms with Crippen LogP contribution in [0.5, 0.6) is 0 Å². The molecule has 2 heterocycles. The standard InChI is InChI=1S/C18H19ClN4O2/c19-16-7-6-13(12-20-16)17(24)23-10-8-15(9-11-23)22-18(25)21-14-4-2-1-3-5-14/h1-7,12,15H,8-11H2,(H2,21,22,25). The Bertz CT molecular complexity index is 729. The Kier molecular flexibility index (Phi) is 5.50. The molecule has 0 atom stereocenters. The zero-order valence-corrected chi connectivity index (χ0v) is 14.4. The van der Waals surface area contributed by atoms with Crippen molar-refractivity contribution in [2.24, 2.45) is 0 Å². The molecule has 130 valence electrons. The summed E-state index contributed by atoms with van der Waals surface area (Å²) in [5.74, 6) is -0.0589. The van der Waals surface area contributed by atoms with Crippen LogP contribution >= 0.6 is 11.6 Å². The lowest BCUT2D eigenvalue weighted by molar-refractivity contribution is 0.0708. The number of benzene rings is 1. The second-order valence-corrected chi connectivity index (χ2v) is 6.29. The summed E-state index contributed by atoms with van der Waals surface area (Å²) < 4.78 is 0. The number of nitrogens with zero attached hydrogens (tertiary/aromatic N) is 2. The van der Waals surface area contributed by atoms with Crippen molar-refractivity contribution in [3.8, 4) is 0 Å². The summed E-state index contributed by atoms with van der Waals surface area (Å²) in [6, 6.07) is 12.4. The van der Waals surface area contributed by atoms with Gasteiger partial charge in [0.05, 0.1) is 5.56 Å². The number of hydrogen-bond acceptors (Lipinski definition) is 3. The summed E-state index contributed by atoms with van der Waals surface area (Å²) in [5, 5.41) is 6.12. The Labute approximate surface area is 151 Å². The number of nitrogens with one attached hydrogen (secondary N) is 2. The maximum Gasteiger partial charge on any atom is 0.319 e. The van der Waals surface area contributed by atoms with Gasteiger partial charge in [-0.3, -0.25) is 4.79 Å². The summed E-state index contributed by atoms with van der Waals surface area (Å²) in [6.45, 7) is 1.19. The number of aromatic nitrogens is 1. The lowest BCUT2D eigenvalue weighted by atomic mass is 10.0. The molecule has 3 amide bonds. The van der Waals surface area contributed by atoms with Crippen LogP contribution in [0.25, 0.3) is 0 Å². The molecule has 1 fully saturated rings. The first-order chi connectivity index (χ1) is 12.1. The number of piperidine rings is 1. The van der Waals surface area contributed by atoms with Crippen molar-refractivity contribution >= 4 is 29.2 Å². The Hall–Kier alpha value is -2.60. The summed E-state index contributed by atoms with van der Waals surface area (Å²) in [6.07, 6.45) is 2.92. The SMILES string of the molecule is O=C(Nc1ccccc1)NC1CCN(C(=O)c2ccc(Cl)nc2)CC1. The normalized spacial score (nSPS) is 14.8. The van der Waals surface area contributed by atoms with Crippen LogP contribution in [0.3, 0.4) is 0 Å². The molecule has 0 bridgehead atoms. The average molecular weight is 359 g/mol. The summed E-state index contributed by atoms with van der Waals surface area (Å²) >= 11 is 5.75. The third kappa shape index (κ3) is 4.70. The minimum absolute atomic E-state index is 0.0519. The molecule has 7 heteroatoms. The number of para-hydroxylation sites is 1. The third-order valence-electron chi connectivity index (χ3n) is 4.12. The highest BCUT2D eigenvalue weighted by Crippen LogP contribution is 2.15. The number of likely N-dealkylation sites (tertiary alicyclic amines) is 1. The second kappa shape index (κ2) is 7.98. The molecule has 0 saturated carbocycles. The third-order valence-corrected chi connectivity index (χ3v) is 4.35. The van der Waals surface area contributed by atoms with Gasteiger partial charge in [0.25, 0.3) is 5.91 Å². The van der Waals surface area contributed by atoms with Gasteiger partial charge < -0.3 is 15.5 Å². The van der Waals surface area contributed by atoms with Crippen molar-refractivity contribution in [2.75, 3.05) is 18.4 Å². The molecule has 0 spiro atoms. The van der Waals surface area contributed by atoms with Gasteiger partial charge in [0.2, 0.25) is 0 Å². The van der Waals surface area contributed by atoms with Crippen LogP contribution in [-0.4, -0.2) is 41.0 Å². The van der Waals surface area contributed by atoms with E-state index in [1.807, 2.05) is 30.3 Å². The lowest BCUT2D eigenvalue weighted by Crippen LogP contribution is -2.47. The maximum atomic E-state index is 12.4. The molecule has 0 unspecified atom stereocenters. The van der Waals surface area contributed by atoms with Gasteiger partial charge in [-0.05, 0) is 37.1 Å². The van der Waals surface area contributed by atoms with E-state index < -0.39 is 0 Å². The number of rotatable bonds is 3. The van der Waals surface area contributed by atoms with Gasteiger partial charge in [0.15, 0.2) is 0 Å². The highest BCUT2D eigenvalue weighted by molar-refractivity contribution is 6.29. The van der Waals surface area contributed by atoms with Crippen LogP contribution in [0, 0.1) is 0 Å². The van der Waals surface area contributed by atoms with Crippen LogP contribution in [0.15, 0.2) is 48.7 Å². The molecule has 2 N–H and O–H groups in total. The van der Waals surface area contributed by atoms with Crippen molar-refractivity contribution < 1.29 is 9.59 Å². The molecular weight excluding hydrogens is 340 g/mol. The van der Waals surface area contributed by atoms with Crippen molar-refractivity contribution in [2.45, 2.75) is 18.9 Å². The molecule has 1 aromatic heterocycles. The van der Waals surface area contributed by atoms with E-state index in [1.165, 1.54) is 6.20 Å². The Morgan fingerprint density at radius 1 is 1.08 bits per heavy atom. The number of pyridine rings is 1. The van der Waals surface area contributed by atoms with Crippen LogP contribution < -0.4 is 10.6 Å². The zero-order chi connectivity index (χ0) is 17.6. The molecule has 2 aromatic rings. The fraction of sp³-hybridized carbons (Fsp3) is 0.278. The molecule has 1 aliphatic rings. The minimum atomic E-state index is -0.224. The van der Waals surface area contributed by atoms with Gasteiger partial charge in [0, 0.05) is 31.0 Å². The second-order valence-electron chi connectivity index (χ2n) is 5.90. The largest absolute Gasteiger partial charge is 0.338 e. The number of urea groups is 1. The van der Waals surface area contributed by atoms with Crippen LogP contribution in [0.2, 0.25) is 5.15 Å². The predicted molar refractivity (Wildman–Crippen MR) is 96.8 cm³/mol. The first kappa shape index (κ1) is 17.2.